The monoisotopic (exact) mass is 438 g/mol. The lowest BCUT2D eigenvalue weighted by atomic mass is 10.1. The molecular formula is C18H19BrN2O4S. The molecule has 2 aromatic carbocycles. The van der Waals surface area contributed by atoms with Crippen molar-refractivity contribution in [1.29, 1.82) is 0 Å². The van der Waals surface area contributed by atoms with Crippen molar-refractivity contribution in [2.75, 3.05) is 16.7 Å². The van der Waals surface area contributed by atoms with E-state index in [1.54, 1.807) is 29.2 Å². The minimum Gasteiger partial charge on any atom is -0.497 e. The second-order valence-corrected chi connectivity index (χ2v) is 8.76. The van der Waals surface area contributed by atoms with Crippen molar-refractivity contribution in [3.05, 3.63) is 46.4 Å². The molecule has 1 aliphatic rings. The molecular weight excluding hydrogens is 420 g/mol. The van der Waals surface area contributed by atoms with E-state index in [1.165, 1.54) is 20.1 Å². The van der Waals surface area contributed by atoms with Gasteiger partial charge in [-0.2, -0.15) is 0 Å². The van der Waals surface area contributed by atoms with Crippen LogP contribution in [0.5, 0.6) is 5.75 Å². The molecule has 6 nitrogen and oxygen atoms in total. The van der Waals surface area contributed by atoms with E-state index in [4.69, 9.17) is 4.74 Å². The van der Waals surface area contributed by atoms with Gasteiger partial charge in [0.15, 0.2) is 0 Å². The lowest BCUT2D eigenvalue weighted by molar-refractivity contribution is -0.116. The Balaban J connectivity index is 2.10. The topological polar surface area (TPSA) is 75.7 Å². The largest absolute Gasteiger partial charge is 0.497 e. The molecule has 26 heavy (non-hydrogen) atoms. The number of nitrogens with zero attached hydrogens (tertiary/aromatic N) is 1. The number of ether oxygens (including phenoxy) is 1. The van der Waals surface area contributed by atoms with Gasteiger partial charge in [0.2, 0.25) is 5.91 Å². The van der Waals surface area contributed by atoms with E-state index in [-0.39, 0.29) is 16.8 Å². The minimum absolute atomic E-state index is 0.0734. The molecule has 0 fully saturated rings. The minimum atomic E-state index is -3.91. The maximum Gasteiger partial charge on any atom is 0.264 e. The van der Waals surface area contributed by atoms with Crippen LogP contribution in [0.2, 0.25) is 0 Å². The Hall–Kier alpha value is -2.06. The summed E-state index contributed by atoms with van der Waals surface area (Å²) in [6, 6.07) is 9.96. The molecule has 0 spiro atoms. The quantitative estimate of drug-likeness (QED) is 0.791. The van der Waals surface area contributed by atoms with Gasteiger partial charge in [0.1, 0.15) is 10.6 Å². The van der Waals surface area contributed by atoms with Gasteiger partial charge in [-0.05, 0) is 43.2 Å². The van der Waals surface area contributed by atoms with Crippen molar-refractivity contribution in [2.45, 2.75) is 31.2 Å². The SMILES string of the molecule is COc1cccc(NS(=O)(=O)c2cc(Br)cc3c2N(C(C)=O)[C@@H](C)C3)c1. The highest BCUT2D eigenvalue weighted by molar-refractivity contribution is 9.10. The van der Waals surface area contributed by atoms with Gasteiger partial charge in [-0.15, -0.1) is 0 Å². The van der Waals surface area contributed by atoms with Gasteiger partial charge >= 0.3 is 0 Å². The summed E-state index contributed by atoms with van der Waals surface area (Å²) < 4.78 is 34.5. The van der Waals surface area contributed by atoms with Crippen LogP contribution in [0.4, 0.5) is 11.4 Å². The highest BCUT2D eigenvalue weighted by Crippen LogP contribution is 2.40. The van der Waals surface area contributed by atoms with Gasteiger partial charge in [-0.3, -0.25) is 9.52 Å². The molecule has 0 saturated carbocycles. The predicted octanol–water partition coefficient (Wildman–Crippen LogP) is 3.56. The molecule has 1 atom stereocenters. The first-order valence-corrected chi connectivity index (χ1v) is 10.3. The van der Waals surface area contributed by atoms with E-state index >= 15 is 0 Å². The molecule has 138 valence electrons. The molecule has 1 N–H and O–H groups in total. The maximum absolute atomic E-state index is 13.1. The zero-order chi connectivity index (χ0) is 19.1. The van der Waals surface area contributed by atoms with E-state index in [9.17, 15) is 13.2 Å². The fourth-order valence-corrected chi connectivity index (χ4v) is 5.23. The van der Waals surface area contributed by atoms with Crippen LogP contribution in [0, 0.1) is 0 Å². The molecule has 0 radical (unpaired) electrons. The van der Waals surface area contributed by atoms with Crippen LogP contribution in [0.1, 0.15) is 19.4 Å². The average molecular weight is 439 g/mol. The number of anilines is 2. The summed E-state index contributed by atoms with van der Waals surface area (Å²) in [6.07, 6.45) is 0.607. The molecule has 1 amide bonds. The number of hydrogen-bond acceptors (Lipinski definition) is 4. The summed E-state index contributed by atoms with van der Waals surface area (Å²) >= 11 is 3.38. The van der Waals surface area contributed by atoms with Crippen LogP contribution in [-0.2, 0) is 21.2 Å². The first-order chi connectivity index (χ1) is 12.2. The molecule has 0 aliphatic carbocycles. The third kappa shape index (κ3) is 3.43. The molecule has 0 bridgehead atoms. The van der Waals surface area contributed by atoms with Crippen LogP contribution in [0.3, 0.4) is 0 Å². The number of carbonyl (C=O) groups is 1. The van der Waals surface area contributed by atoms with Crippen LogP contribution < -0.4 is 14.4 Å². The highest BCUT2D eigenvalue weighted by atomic mass is 79.9. The Bertz CT molecular complexity index is 975. The zero-order valence-electron chi connectivity index (χ0n) is 14.6. The van der Waals surface area contributed by atoms with Gasteiger partial charge in [0, 0.05) is 23.5 Å². The van der Waals surface area contributed by atoms with Gasteiger partial charge < -0.3 is 9.64 Å². The van der Waals surface area contributed by atoms with E-state index < -0.39 is 10.0 Å². The molecule has 2 aromatic rings. The Morgan fingerprint density at radius 2 is 2.04 bits per heavy atom. The number of amides is 1. The predicted molar refractivity (Wildman–Crippen MR) is 104 cm³/mol. The van der Waals surface area contributed by atoms with Crippen LogP contribution in [0.15, 0.2) is 45.8 Å². The van der Waals surface area contributed by atoms with Gasteiger partial charge in [-0.1, -0.05) is 22.0 Å². The Morgan fingerprint density at radius 3 is 2.69 bits per heavy atom. The summed E-state index contributed by atoms with van der Waals surface area (Å²) in [7, 11) is -2.39. The number of sulfonamides is 1. The lowest BCUT2D eigenvalue weighted by Crippen LogP contribution is -2.34. The molecule has 3 rings (SSSR count). The number of methoxy groups -OCH3 is 1. The summed E-state index contributed by atoms with van der Waals surface area (Å²) in [5.41, 5.74) is 1.66. The Kier molecular flexibility index (Phi) is 4.98. The smallest absolute Gasteiger partial charge is 0.264 e. The molecule has 0 unspecified atom stereocenters. The van der Waals surface area contributed by atoms with E-state index in [2.05, 4.69) is 20.7 Å². The average Bonchev–Trinajstić information content (AvgIpc) is 2.89. The number of nitrogens with one attached hydrogen (secondary N) is 1. The van der Waals surface area contributed by atoms with Crippen molar-refractivity contribution in [3.8, 4) is 5.75 Å². The van der Waals surface area contributed by atoms with Crippen molar-refractivity contribution in [1.82, 2.24) is 0 Å². The van der Waals surface area contributed by atoms with Gasteiger partial charge in [-0.25, -0.2) is 8.42 Å². The van der Waals surface area contributed by atoms with Crippen LogP contribution in [0.25, 0.3) is 0 Å². The number of fused-ring (bicyclic) bond motifs is 1. The number of rotatable bonds is 4. The third-order valence-electron chi connectivity index (χ3n) is 4.27. The number of halogens is 1. The lowest BCUT2D eigenvalue weighted by Gasteiger charge is -2.23. The zero-order valence-corrected chi connectivity index (χ0v) is 17.0. The normalized spacial score (nSPS) is 16.3. The van der Waals surface area contributed by atoms with Crippen molar-refractivity contribution < 1.29 is 17.9 Å². The van der Waals surface area contributed by atoms with Crippen molar-refractivity contribution in [3.63, 3.8) is 0 Å². The first-order valence-electron chi connectivity index (χ1n) is 8.02. The summed E-state index contributed by atoms with van der Waals surface area (Å²) in [4.78, 5) is 13.7. The molecule has 1 aliphatic heterocycles. The summed E-state index contributed by atoms with van der Waals surface area (Å²) in [5, 5.41) is 0. The van der Waals surface area contributed by atoms with Crippen molar-refractivity contribution >= 4 is 43.2 Å². The fourth-order valence-electron chi connectivity index (χ4n) is 3.26. The Morgan fingerprint density at radius 1 is 1.31 bits per heavy atom. The van der Waals surface area contributed by atoms with E-state index in [0.717, 1.165) is 5.56 Å². The molecule has 8 heteroatoms. The third-order valence-corrected chi connectivity index (χ3v) is 6.12. The molecule has 1 heterocycles. The molecule has 0 aromatic heterocycles. The van der Waals surface area contributed by atoms with E-state index in [0.29, 0.717) is 28.0 Å². The number of hydrogen-bond donors (Lipinski definition) is 1. The first kappa shape index (κ1) is 18.7. The number of benzene rings is 2. The fraction of sp³-hybridized carbons (Fsp3) is 0.278. The summed E-state index contributed by atoms with van der Waals surface area (Å²) in [6.45, 7) is 3.35. The second-order valence-electron chi connectivity index (χ2n) is 6.19. The second kappa shape index (κ2) is 6.92. The van der Waals surface area contributed by atoms with Gasteiger partial charge in [0.25, 0.3) is 10.0 Å². The number of carbonyl (C=O) groups excluding carboxylic acids is 1. The summed E-state index contributed by atoms with van der Waals surface area (Å²) in [5.74, 6) is 0.361. The Labute approximate surface area is 161 Å². The standard InChI is InChI=1S/C18H19BrN2O4S/c1-11-7-13-8-14(19)9-17(18(13)21(11)12(2)22)26(23,24)20-15-5-4-6-16(10-15)25-3/h4-6,8-11,20H,7H2,1-3H3/t11-/m0/s1. The molecule has 0 saturated heterocycles. The van der Waals surface area contributed by atoms with E-state index in [1.807, 2.05) is 13.0 Å². The van der Waals surface area contributed by atoms with Crippen LogP contribution in [-0.4, -0.2) is 27.5 Å². The van der Waals surface area contributed by atoms with Crippen molar-refractivity contribution in [2.24, 2.45) is 0 Å². The maximum atomic E-state index is 13.1. The highest BCUT2D eigenvalue weighted by Gasteiger charge is 2.35. The van der Waals surface area contributed by atoms with Gasteiger partial charge in [0.05, 0.1) is 18.5 Å². The van der Waals surface area contributed by atoms with Crippen LogP contribution >= 0.6 is 15.9 Å².